The van der Waals surface area contributed by atoms with Crippen molar-refractivity contribution in [1.29, 1.82) is 0 Å². The van der Waals surface area contributed by atoms with E-state index in [4.69, 9.17) is 43.2 Å². The number of fused-ring (bicyclic) bond motifs is 3. The summed E-state index contributed by atoms with van der Waals surface area (Å²) in [5.74, 6) is -0.425. The number of carbonyl (C=O) groups excluding carboxylic acids is 2. The van der Waals surface area contributed by atoms with Crippen molar-refractivity contribution in [3.63, 3.8) is 0 Å². The molecule has 2 amide bonds. The van der Waals surface area contributed by atoms with Crippen LogP contribution in [0.1, 0.15) is 139 Å². The van der Waals surface area contributed by atoms with Gasteiger partial charge in [-0.1, -0.05) is 131 Å². The number of unbranched alkanes of at least 4 members (excludes halogenated alkanes) is 11. The average Bonchev–Trinajstić information content (AvgIpc) is 3.92. The van der Waals surface area contributed by atoms with Gasteiger partial charge in [-0.25, -0.2) is 9.59 Å². The van der Waals surface area contributed by atoms with Crippen molar-refractivity contribution in [3.05, 3.63) is 108 Å². The molecule has 6 atom stereocenters. The number of rotatable bonds is 32. The van der Waals surface area contributed by atoms with E-state index in [2.05, 4.69) is 24.9 Å². The number of ether oxygens (including phenoxy) is 7. The summed E-state index contributed by atoms with van der Waals surface area (Å²) < 4.78 is 44.1. The first-order valence-electron chi connectivity index (χ1n) is 27.3. The first-order valence-corrected chi connectivity index (χ1v) is 27.3. The number of benzene rings is 3. The summed E-state index contributed by atoms with van der Waals surface area (Å²) in [5, 5.41) is 27.7. The number of oxime groups is 1. The molecule has 74 heavy (non-hydrogen) atoms. The number of carbonyl (C=O) groups is 2. The second-order valence-corrected chi connectivity index (χ2v) is 19.9. The predicted molar refractivity (Wildman–Crippen MR) is 283 cm³/mol. The quantitative estimate of drug-likeness (QED) is 0.0307. The Morgan fingerprint density at radius 1 is 0.838 bits per heavy atom. The number of hydrogen-bond donors (Lipinski definition) is 3. The van der Waals surface area contributed by atoms with Crippen LogP contribution in [0.5, 0.6) is 23.0 Å². The first kappa shape index (κ1) is 56.1. The minimum absolute atomic E-state index is 0.0117. The molecule has 0 aromatic heterocycles. The van der Waals surface area contributed by atoms with E-state index in [9.17, 15) is 15.0 Å². The van der Waals surface area contributed by atoms with Crippen LogP contribution in [0.3, 0.4) is 0 Å². The average molecular weight is 1020 g/mol. The van der Waals surface area contributed by atoms with E-state index in [1.54, 1.807) is 17.0 Å². The van der Waals surface area contributed by atoms with E-state index in [-0.39, 0.29) is 70.5 Å². The lowest BCUT2D eigenvalue weighted by Gasteiger charge is -2.59. The number of allylic oxidation sites excluding steroid dienone is 1. The molecule has 7 rings (SSSR count). The molecular formula is C59H81N3O12. The van der Waals surface area contributed by atoms with Crippen molar-refractivity contribution in [2.75, 3.05) is 53.5 Å². The minimum Gasteiger partial charge on any atom is -0.459 e. The fourth-order valence-electron chi connectivity index (χ4n) is 11.3. The van der Waals surface area contributed by atoms with Crippen LogP contribution < -0.4 is 24.3 Å². The number of nitrogens with zero attached hydrogens (tertiary/aromatic N) is 2. The Balaban J connectivity index is 1.24. The van der Waals surface area contributed by atoms with Gasteiger partial charge in [0.05, 0.1) is 31.5 Å². The van der Waals surface area contributed by atoms with Crippen LogP contribution in [0.25, 0.3) is 0 Å². The minimum atomic E-state index is -1.55. The second-order valence-electron chi connectivity index (χ2n) is 19.9. The molecule has 0 saturated heterocycles. The van der Waals surface area contributed by atoms with Crippen molar-refractivity contribution in [2.24, 2.45) is 22.9 Å². The highest BCUT2D eigenvalue weighted by molar-refractivity contribution is 6.03. The molecule has 3 aromatic carbocycles. The van der Waals surface area contributed by atoms with E-state index < -0.39 is 29.9 Å². The van der Waals surface area contributed by atoms with Gasteiger partial charge in [0.2, 0.25) is 12.6 Å². The summed E-state index contributed by atoms with van der Waals surface area (Å²) >= 11 is 0. The molecule has 0 spiro atoms. The van der Waals surface area contributed by atoms with Gasteiger partial charge in [0.25, 0.3) is 0 Å². The summed E-state index contributed by atoms with van der Waals surface area (Å²) in [6.45, 7) is 7.69. The smallest absolute Gasteiger partial charge is 0.412 e. The molecule has 0 radical (unpaired) electrons. The number of hydrogen-bond acceptors (Lipinski definition) is 13. The molecule has 0 bridgehead atoms. The third-order valence-electron chi connectivity index (χ3n) is 14.8. The van der Waals surface area contributed by atoms with Crippen LogP contribution in [0.15, 0.2) is 96.2 Å². The fourth-order valence-corrected chi connectivity index (χ4v) is 11.3. The summed E-state index contributed by atoms with van der Waals surface area (Å²) in [5.41, 5.74) is 4.10. The molecular weight excluding hydrogens is 943 g/mol. The molecule has 4 aliphatic rings. The highest BCUT2D eigenvalue weighted by atomic mass is 16.7. The Kier molecular flexibility index (Phi) is 22.4. The standard InChI is InChI=1S/C59H81N3O12/c1-4-6-7-8-9-10-11-12-13-19-30-60-57(65)73-46-27-29-51-49(38-46)55-47(25-18-21-32-64)45(24-17-20-31-63)37-48-50(61-67-3)39-54(59(74-51,56(48)55)72-33-5-2)62(40-44-26-28-52-53(36-44)71-42-70-52)58(66)69-35-34-68-41-43-22-15-14-16-23-43/h5,14-16,22-23,26-29,36-38,45,47,54-56,63-64H,2,4,6-13,17-21,24-25,30-35,39-42H2,1,3H3,(H,60,65). The van der Waals surface area contributed by atoms with Crippen LogP contribution in [-0.4, -0.2) is 98.3 Å². The first-order chi connectivity index (χ1) is 36.3. The molecule has 1 saturated carbocycles. The van der Waals surface area contributed by atoms with Gasteiger partial charge in [-0.15, -0.1) is 6.58 Å². The Hall–Kier alpha value is -5.61. The summed E-state index contributed by atoms with van der Waals surface area (Å²) in [6, 6.07) is 20.0. The topological polar surface area (TPSA) is 176 Å². The lowest BCUT2D eigenvalue weighted by molar-refractivity contribution is -0.256. The van der Waals surface area contributed by atoms with Crippen LogP contribution in [0.4, 0.5) is 9.59 Å². The maximum Gasteiger partial charge on any atom is 0.412 e. The molecule has 2 aliphatic heterocycles. The summed E-state index contributed by atoms with van der Waals surface area (Å²) in [4.78, 5) is 35.8. The summed E-state index contributed by atoms with van der Waals surface area (Å²) in [7, 11) is 1.52. The Labute approximate surface area is 438 Å². The molecule has 2 heterocycles. The SMILES string of the molecule is C=CCOC12Oc3ccc(OC(=O)NCCCCCCCCCCCC)cc3C3C(CCCCO)C(CCCCO)C=C(C(=NOC)CC1N(Cc1ccc4c(c1)OCO4)C(=O)OCCOCc1ccccc1)C32. The highest BCUT2D eigenvalue weighted by Crippen LogP contribution is 2.62. The van der Waals surface area contributed by atoms with Gasteiger partial charge in [-0.3, -0.25) is 4.90 Å². The second kappa shape index (κ2) is 29.5. The maximum absolute atomic E-state index is 15.0. The van der Waals surface area contributed by atoms with E-state index in [1.165, 1.54) is 52.1 Å². The molecule has 3 aromatic rings. The van der Waals surface area contributed by atoms with E-state index in [1.807, 2.05) is 60.7 Å². The third-order valence-corrected chi connectivity index (χ3v) is 14.8. The van der Waals surface area contributed by atoms with Gasteiger partial charge in [0.1, 0.15) is 31.3 Å². The van der Waals surface area contributed by atoms with Gasteiger partial charge in [0, 0.05) is 44.2 Å². The van der Waals surface area contributed by atoms with Crippen molar-refractivity contribution in [3.8, 4) is 23.0 Å². The zero-order chi connectivity index (χ0) is 52.0. The van der Waals surface area contributed by atoms with Crippen LogP contribution in [0.2, 0.25) is 0 Å². The van der Waals surface area contributed by atoms with E-state index in [0.717, 1.165) is 67.2 Å². The molecule has 15 nitrogen and oxygen atoms in total. The number of aliphatic hydroxyl groups is 2. The fraction of sp³-hybridized carbons (Fsp3) is 0.576. The Morgan fingerprint density at radius 2 is 1.57 bits per heavy atom. The Morgan fingerprint density at radius 3 is 2.31 bits per heavy atom. The molecule has 3 N–H and O–H groups in total. The molecule has 6 unspecified atom stereocenters. The van der Waals surface area contributed by atoms with Gasteiger partial charge in [-0.05, 0) is 91.0 Å². The zero-order valence-corrected chi connectivity index (χ0v) is 43.9. The van der Waals surface area contributed by atoms with E-state index in [0.29, 0.717) is 54.7 Å². The van der Waals surface area contributed by atoms with E-state index >= 15 is 4.79 Å². The third kappa shape index (κ3) is 14.8. The highest BCUT2D eigenvalue weighted by Gasteiger charge is 2.65. The summed E-state index contributed by atoms with van der Waals surface area (Å²) in [6.07, 6.45) is 19.3. The van der Waals surface area contributed by atoms with Crippen molar-refractivity contribution < 1.29 is 57.8 Å². The normalized spacial score (nSPS) is 21.7. The number of amides is 2. The lowest BCUT2D eigenvalue weighted by atomic mass is 9.55. The largest absolute Gasteiger partial charge is 0.459 e. The van der Waals surface area contributed by atoms with Gasteiger partial charge in [0.15, 0.2) is 11.5 Å². The van der Waals surface area contributed by atoms with Gasteiger partial charge in [-0.2, -0.15) is 0 Å². The predicted octanol–water partition coefficient (Wildman–Crippen LogP) is 11.5. The molecule has 404 valence electrons. The molecule has 15 heteroatoms. The Bertz CT molecular complexity index is 2290. The van der Waals surface area contributed by atoms with Crippen LogP contribution in [0, 0.1) is 17.8 Å². The monoisotopic (exact) mass is 1020 g/mol. The maximum atomic E-state index is 15.0. The van der Waals surface area contributed by atoms with Gasteiger partial charge >= 0.3 is 12.2 Å². The van der Waals surface area contributed by atoms with Crippen LogP contribution in [-0.2, 0) is 32.2 Å². The number of aliphatic hydroxyl groups excluding tert-OH is 2. The number of nitrogens with one attached hydrogen (secondary N) is 1. The van der Waals surface area contributed by atoms with Crippen LogP contribution >= 0.6 is 0 Å². The molecule has 1 fully saturated rings. The lowest BCUT2D eigenvalue weighted by Crippen LogP contribution is -2.70. The molecule has 2 aliphatic carbocycles. The van der Waals surface area contributed by atoms with Gasteiger partial charge < -0.3 is 53.5 Å². The van der Waals surface area contributed by atoms with Crippen molar-refractivity contribution in [2.45, 2.75) is 147 Å². The van der Waals surface area contributed by atoms with Crippen molar-refractivity contribution in [1.82, 2.24) is 10.2 Å². The van der Waals surface area contributed by atoms with Crippen molar-refractivity contribution >= 4 is 17.9 Å². The zero-order valence-electron chi connectivity index (χ0n) is 43.9.